The highest BCUT2D eigenvalue weighted by atomic mass is 15.3. The largest absolute Gasteiger partial charge is 0.272 e. The average molecular weight is 255 g/mol. The van der Waals surface area contributed by atoms with Gasteiger partial charge in [-0.05, 0) is 17.5 Å². The minimum absolute atomic E-state index is 0.213. The highest BCUT2D eigenvalue weighted by Gasteiger charge is 2.12. The fourth-order valence-corrected chi connectivity index (χ4v) is 2.04. The Balaban J connectivity index is 1.93. The number of aromatic nitrogens is 5. The lowest BCUT2D eigenvalue weighted by Gasteiger charge is -2.17. The summed E-state index contributed by atoms with van der Waals surface area (Å²) < 4.78 is 3.74. The SMILES string of the molecule is CC(C)(C)Cn1cc(-c2ccc3nccn3n2)cn1. The highest BCUT2D eigenvalue weighted by molar-refractivity contribution is 5.58. The molecule has 0 aliphatic carbocycles. The van der Waals surface area contributed by atoms with E-state index in [4.69, 9.17) is 0 Å². The fourth-order valence-electron chi connectivity index (χ4n) is 2.04. The molecule has 0 N–H and O–H groups in total. The molecule has 98 valence electrons. The van der Waals surface area contributed by atoms with Crippen molar-refractivity contribution >= 4 is 5.65 Å². The summed E-state index contributed by atoms with van der Waals surface area (Å²) in [7, 11) is 0. The summed E-state index contributed by atoms with van der Waals surface area (Å²) in [4.78, 5) is 4.19. The van der Waals surface area contributed by atoms with Crippen LogP contribution in [0.3, 0.4) is 0 Å². The van der Waals surface area contributed by atoms with Crippen LogP contribution in [0.1, 0.15) is 20.8 Å². The molecular weight excluding hydrogens is 238 g/mol. The van der Waals surface area contributed by atoms with Gasteiger partial charge in [0.1, 0.15) is 0 Å². The van der Waals surface area contributed by atoms with E-state index in [1.807, 2.05) is 35.4 Å². The van der Waals surface area contributed by atoms with Gasteiger partial charge in [0.15, 0.2) is 5.65 Å². The summed E-state index contributed by atoms with van der Waals surface area (Å²) in [5.41, 5.74) is 3.00. The van der Waals surface area contributed by atoms with Gasteiger partial charge in [-0.3, -0.25) is 4.68 Å². The van der Waals surface area contributed by atoms with Gasteiger partial charge in [-0.25, -0.2) is 9.50 Å². The fraction of sp³-hybridized carbons (Fsp3) is 0.357. The smallest absolute Gasteiger partial charge is 0.153 e. The van der Waals surface area contributed by atoms with Gasteiger partial charge in [0.05, 0.1) is 11.9 Å². The number of fused-ring (bicyclic) bond motifs is 1. The van der Waals surface area contributed by atoms with Crippen molar-refractivity contribution in [1.82, 2.24) is 24.4 Å². The molecule has 0 aromatic carbocycles. The Morgan fingerprint density at radius 2 is 2.05 bits per heavy atom. The zero-order valence-corrected chi connectivity index (χ0v) is 11.4. The van der Waals surface area contributed by atoms with Crippen LogP contribution in [0.5, 0.6) is 0 Å². The van der Waals surface area contributed by atoms with Crippen LogP contribution in [0, 0.1) is 5.41 Å². The molecule has 0 unspecified atom stereocenters. The van der Waals surface area contributed by atoms with Gasteiger partial charge >= 0.3 is 0 Å². The number of hydrogen-bond donors (Lipinski definition) is 0. The first-order valence-electron chi connectivity index (χ1n) is 6.34. The second kappa shape index (κ2) is 4.19. The molecular formula is C14H17N5. The maximum Gasteiger partial charge on any atom is 0.153 e. The van der Waals surface area contributed by atoms with Crippen LogP contribution >= 0.6 is 0 Å². The van der Waals surface area contributed by atoms with Crippen molar-refractivity contribution < 1.29 is 0 Å². The predicted octanol–water partition coefficient (Wildman–Crippen LogP) is 2.64. The second-order valence-electron chi connectivity index (χ2n) is 5.94. The third kappa shape index (κ3) is 2.50. The molecule has 0 aliphatic heterocycles. The summed E-state index contributed by atoms with van der Waals surface area (Å²) in [5, 5.41) is 8.91. The Hall–Kier alpha value is -2.17. The van der Waals surface area contributed by atoms with Crippen molar-refractivity contribution in [2.24, 2.45) is 5.41 Å². The Bertz CT molecular complexity index is 702. The molecule has 0 aliphatic rings. The van der Waals surface area contributed by atoms with E-state index in [0.717, 1.165) is 23.4 Å². The molecule has 19 heavy (non-hydrogen) atoms. The van der Waals surface area contributed by atoms with Crippen LogP contribution < -0.4 is 0 Å². The first-order valence-corrected chi connectivity index (χ1v) is 6.34. The van der Waals surface area contributed by atoms with Gasteiger partial charge in [-0.15, -0.1) is 0 Å². The Labute approximate surface area is 111 Å². The molecule has 0 spiro atoms. The van der Waals surface area contributed by atoms with Crippen molar-refractivity contribution in [2.45, 2.75) is 27.3 Å². The van der Waals surface area contributed by atoms with Gasteiger partial charge in [0.2, 0.25) is 0 Å². The minimum Gasteiger partial charge on any atom is -0.272 e. The number of hydrogen-bond acceptors (Lipinski definition) is 3. The van der Waals surface area contributed by atoms with Gasteiger partial charge in [0.25, 0.3) is 0 Å². The third-order valence-corrected chi connectivity index (χ3v) is 2.82. The molecule has 3 aromatic heterocycles. The van der Waals surface area contributed by atoms with Gasteiger partial charge in [-0.2, -0.15) is 10.2 Å². The maximum atomic E-state index is 4.52. The topological polar surface area (TPSA) is 48.0 Å². The molecule has 3 heterocycles. The summed E-state index contributed by atoms with van der Waals surface area (Å²) >= 11 is 0. The summed E-state index contributed by atoms with van der Waals surface area (Å²) in [5.74, 6) is 0. The van der Waals surface area contributed by atoms with Crippen LogP contribution in [0.25, 0.3) is 16.9 Å². The molecule has 5 nitrogen and oxygen atoms in total. The number of imidazole rings is 1. The molecule has 0 bridgehead atoms. The van der Waals surface area contributed by atoms with Crippen LogP contribution in [0.4, 0.5) is 0 Å². The Morgan fingerprint density at radius 3 is 2.84 bits per heavy atom. The number of rotatable bonds is 2. The van der Waals surface area contributed by atoms with Crippen molar-refractivity contribution in [1.29, 1.82) is 0 Å². The molecule has 3 aromatic rings. The Kier molecular flexibility index (Phi) is 2.62. The van der Waals surface area contributed by atoms with E-state index in [1.165, 1.54) is 0 Å². The Morgan fingerprint density at radius 1 is 1.21 bits per heavy atom. The van der Waals surface area contributed by atoms with Crippen LogP contribution in [-0.2, 0) is 6.54 Å². The molecule has 0 saturated carbocycles. The third-order valence-electron chi connectivity index (χ3n) is 2.82. The van der Waals surface area contributed by atoms with E-state index in [9.17, 15) is 0 Å². The van der Waals surface area contributed by atoms with E-state index in [-0.39, 0.29) is 5.41 Å². The zero-order chi connectivity index (χ0) is 13.5. The van der Waals surface area contributed by atoms with Crippen molar-refractivity contribution in [3.05, 3.63) is 36.9 Å². The van der Waals surface area contributed by atoms with E-state index >= 15 is 0 Å². The second-order valence-corrected chi connectivity index (χ2v) is 5.94. The van der Waals surface area contributed by atoms with Gasteiger partial charge in [-0.1, -0.05) is 20.8 Å². The van der Waals surface area contributed by atoms with Gasteiger partial charge in [0, 0.05) is 30.7 Å². The van der Waals surface area contributed by atoms with Crippen molar-refractivity contribution in [2.75, 3.05) is 0 Å². The molecule has 3 rings (SSSR count). The van der Waals surface area contributed by atoms with Crippen LogP contribution in [-0.4, -0.2) is 24.4 Å². The number of nitrogens with zero attached hydrogens (tertiary/aromatic N) is 5. The summed E-state index contributed by atoms with van der Waals surface area (Å²) in [6, 6.07) is 3.93. The van der Waals surface area contributed by atoms with E-state index in [1.54, 1.807) is 10.7 Å². The normalized spacial score (nSPS) is 12.2. The van der Waals surface area contributed by atoms with E-state index in [2.05, 4.69) is 36.0 Å². The summed E-state index contributed by atoms with van der Waals surface area (Å²) in [6.45, 7) is 7.48. The molecule has 0 saturated heterocycles. The maximum absolute atomic E-state index is 4.52. The average Bonchev–Trinajstić information content (AvgIpc) is 2.93. The quantitative estimate of drug-likeness (QED) is 0.707. The highest BCUT2D eigenvalue weighted by Crippen LogP contribution is 2.20. The zero-order valence-electron chi connectivity index (χ0n) is 11.4. The lowest BCUT2D eigenvalue weighted by atomic mass is 9.97. The standard InChI is InChI=1S/C14H17N5/c1-14(2,3)10-18-9-11(8-16-18)12-4-5-13-15-6-7-19(13)17-12/h4-9H,10H2,1-3H3. The summed E-state index contributed by atoms with van der Waals surface area (Å²) in [6.07, 6.45) is 7.49. The molecule has 0 atom stereocenters. The first-order chi connectivity index (χ1) is 9.01. The molecule has 0 amide bonds. The van der Waals surface area contributed by atoms with Crippen molar-refractivity contribution in [3.63, 3.8) is 0 Å². The monoisotopic (exact) mass is 255 g/mol. The lowest BCUT2D eigenvalue weighted by Crippen LogP contribution is -2.15. The van der Waals surface area contributed by atoms with Crippen molar-refractivity contribution in [3.8, 4) is 11.3 Å². The molecule has 5 heteroatoms. The molecule has 0 radical (unpaired) electrons. The molecule has 0 fully saturated rings. The van der Waals surface area contributed by atoms with Gasteiger partial charge < -0.3 is 0 Å². The van der Waals surface area contributed by atoms with E-state index in [0.29, 0.717) is 0 Å². The minimum atomic E-state index is 0.213. The predicted molar refractivity (Wildman–Crippen MR) is 73.7 cm³/mol. The van der Waals surface area contributed by atoms with Crippen LogP contribution in [0.15, 0.2) is 36.9 Å². The van der Waals surface area contributed by atoms with E-state index < -0.39 is 0 Å². The lowest BCUT2D eigenvalue weighted by molar-refractivity contribution is 0.325. The van der Waals surface area contributed by atoms with Crippen LogP contribution in [0.2, 0.25) is 0 Å². The first kappa shape index (κ1) is 11.9.